The Morgan fingerprint density at radius 2 is 1.09 bits per heavy atom. The fourth-order valence-electron chi connectivity index (χ4n) is 0.915. The molecule has 0 spiro atoms. The molecule has 0 saturated heterocycles. The lowest BCUT2D eigenvalue weighted by molar-refractivity contribution is 0.627. The van der Waals surface area contributed by atoms with Gasteiger partial charge in [-0.1, -0.05) is 13.1 Å². The van der Waals surface area contributed by atoms with Crippen LogP contribution in [0.25, 0.3) is 0 Å². The highest BCUT2D eigenvalue weighted by atomic mass is 28.3. The zero-order valence-electron chi connectivity index (χ0n) is 8.76. The molecule has 0 radical (unpaired) electrons. The van der Waals surface area contributed by atoms with Gasteiger partial charge < -0.3 is 9.13 Å². The summed E-state index contributed by atoms with van der Waals surface area (Å²) >= 11 is 0. The first kappa shape index (κ1) is 11.4. The maximum Gasteiger partial charge on any atom is 0.106 e. The summed E-state index contributed by atoms with van der Waals surface area (Å²) in [6.45, 7) is 4.88. The maximum atomic E-state index is 2.44. The number of hydrogen-bond donors (Lipinski definition) is 0. The summed E-state index contributed by atoms with van der Waals surface area (Å²) in [5.74, 6) is 0. The molecule has 0 heterocycles. The van der Waals surface area contributed by atoms with Crippen molar-refractivity contribution in [2.24, 2.45) is 0 Å². The Bertz CT molecular complexity index is 94.6. The summed E-state index contributed by atoms with van der Waals surface area (Å²) in [6, 6.07) is 0. The molecule has 2 unspecified atom stereocenters. The van der Waals surface area contributed by atoms with Gasteiger partial charge in [-0.3, -0.25) is 0 Å². The van der Waals surface area contributed by atoms with Crippen molar-refractivity contribution in [2.75, 3.05) is 28.2 Å². The molecule has 4 heteroatoms. The van der Waals surface area contributed by atoms with Gasteiger partial charge in [0.25, 0.3) is 0 Å². The zero-order chi connectivity index (χ0) is 9.02. The summed E-state index contributed by atoms with van der Waals surface area (Å²) in [6.07, 6.45) is 0. The monoisotopic (exact) mass is 190 g/mol. The van der Waals surface area contributed by atoms with Crippen LogP contribution in [0.5, 0.6) is 0 Å². The summed E-state index contributed by atoms with van der Waals surface area (Å²) in [4.78, 5) is 0. The van der Waals surface area contributed by atoms with Crippen LogP contribution < -0.4 is 0 Å². The average molecular weight is 190 g/mol. The molecule has 0 aromatic carbocycles. The second-order valence-electron chi connectivity index (χ2n) is 3.86. The van der Waals surface area contributed by atoms with Crippen molar-refractivity contribution in [1.29, 1.82) is 0 Å². The van der Waals surface area contributed by atoms with E-state index in [1.807, 2.05) is 0 Å². The fraction of sp³-hybridized carbons (Fsp3) is 1.00. The van der Waals surface area contributed by atoms with Gasteiger partial charge in [0.05, 0.1) is 0 Å². The minimum Gasteiger partial charge on any atom is -0.332 e. The van der Waals surface area contributed by atoms with Crippen LogP contribution in [0.1, 0.15) is 0 Å². The number of rotatable bonds is 4. The van der Waals surface area contributed by atoms with E-state index in [4.69, 9.17) is 0 Å². The van der Waals surface area contributed by atoms with Gasteiger partial charge in [-0.15, -0.1) is 0 Å². The largest absolute Gasteiger partial charge is 0.332 e. The minimum absolute atomic E-state index is 0.536. The van der Waals surface area contributed by atoms with Crippen molar-refractivity contribution >= 4 is 17.9 Å². The fourth-order valence-corrected chi connectivity index (χ4v) is 8.24. The van der Waals surface area contributed by atoms with Crippen LogP contribution in [-0.4, -0.2) is 55.2 Å². The highest BCUT2D eigenvalue weighted by Gasteiger charge is 2.14. The van der Waals surface area contributed by atoms with E-state index in [0.717, 1.165) is 0 Å². The third-order valence-electron chi connectivity index (χ3n) is 2.45. The second kappa shape index (κ2) is 5.08. The van der Waals surface area contributed by atoms with Crippen LogP contribution in [0.2, 0.25) is 18.8 Å². The quantitative estimate of drug-likeness (QED) is 0.591. The van der Waals surface area contributed by atoms with Crippen LogP contribution in [0.3, 0.4) is 0 Å². The molecule has 0 aromatic rings. The van der Waals surface area contributed by atoms with Crippen LogP contribution >= 0.6 is 0 Å². The second-order valence-corrected chi connectivity index (χ2v) is 11.2. The lowest BCUT2D eigenvalue weighted by Crippen LogP contribution is -2.39. The van der Waals surface area contributed by atoms with Gasteiger partial charge in [-0.2, -0.15) is 0 Å². The van der Waals surface area contributed by atoms with Gasteiger partial charge in [0.1, 0.15) is 17.9 Å². The third-order valence-corrected chi connectivity index (χ3v) is 11.4. The Hall–Kier alpha value is 0.354. The summed E-state index contributed by atoms with van der Waals surface area (Å²) in [7, 11) is 7.79. The summed E-state index contributed by atoms with van der Waals surface area (Å²) < 4.78 is 4.88. The Morgan fingerprint density at radius 1 is 0.818 bits per heavy atom. The molecular weight excluding hydrogens is 168 g/mol. The standard InChI is InChI=1S/C7H22N2Si2/c1-8(2)10(5)7-11(6)9(3)4/h10-11H,7H2,1-6H3. The van der Waals surface area contributed by atoms with Crippen molar-refractivity contribution < 1.29 is 0 Å². The molecule has 0 aromatic heterocycles. The molecule has 68 valence electrons. The van der Waals surface area contributed by atoms with Gasteiger partial charge in [-0.25, -0.2) is 0 Å². The molecule has 11 heavy (non-hydrogen) atoms. The lowest BCUT2D eigenvalue weighted by Gasteiger charge is -2.24. The normalized spacial score (nSPS) is 17.5. The van der Waals surface area contributed by atoms with Crippen molar-refractivity contribution in [1.82, 2.24) is 9.13 Å². The molecule has 2 atom stereocenters. The number of hydrogen-bond acceptors (Lipinski definition) is 2. The van der Waals surface area contributed by atoms with E-state index in [1.165, 1.54) is 5.67 Å². The first-order chi connectivity index (χ1) is 4.95. The topological polar surface area (TPSA) is 6.48 Å². The highest BCUT2D eigenvalue weighted by Crippen LogP contribution is 2.01. The molecule has 0 bridgehead atoms. The van der Waals surface area contributed by atoms with Crippen molar-refractivity contribution in [3.05, 3.63) is 0 Å². The Balaban J connectivity index is 3.66. The van der Waals surface area contributed by atoms with Crippen LogP contribution in [0, 0.1) is 0 Å². The average Bonchev–Trinajstić information content (AvgIpc) is 1.87. The lowest BCUT2D eigenvalue weighted by atomic mass is 11.3. The summed E-state index contributed by atoms with van der Waals surface area (Å²) in [5.41, 5.74) is 1.51. The molecular formula is C7H22N2Si2. The van der Waals surface area contributed by atoms with Gasteiger partial charge in [-0.05, 0) is 33.9 Å². The van der Waals surface area contributed by atoms with E-state index in [9.17, 15) is 0 Å². The molecule has 0 fully saturated rings. The molecule has 0 rings (SSSR count). The van der Waals surface area contributed by atoms with Crippen molar-refractivity contribution in [2.45, 2.75) is 18.8 Å². The van der Waals surface area contributed by atoms with E-state index in [0.29, 0.717) is 0 Å². The molecule has 0 saturated carbocycles. The van der Waals surface area contributed by atoms with Crippen LogP contribution in [0.4, 0.5) is 0 Å². The molecule has 0 N–H and O–H groups in total. The van der Waals surface area contributed by atoms with Crippen molar-refractivity contribution in [3.63, 3.8) is 0 Å². The van der Waals surface area contributed by atoms with Crippen LogP contribution in [-0.2, 0) is 0 Å². The van der Waals surface area contributed by atoms with Gasteiger partial charge in [0.2, 0.25) is 0 Å². The van der Waals surface area contributed by atoms with E-state index < -0.39 is 17.9 Å². The van der Waals surface area contributed by atoms with Gasteiger partial charge >= 0.3 is 0 Å². The molecule has 0 amide bonds. The zero-order valence-corrected chi connectivity index (χ0v) is 11.1. The Labute approximate surface area is 74.6 Å². The van der Waals surface area contributed by atoms with E-state index in [1.54, 1.807) is 0 Å². The number of nitrogens with zero attached hydrogens (tertiary/aromatic N) is 2. The highest BCUT2D eigenvalue weighted by molar-refractivity contribution is 6.73. The first-order valence-electron chi connectivity index (χ1n) is 4.28. The Kier molecular flexibility index (Phi) is 5.24. The molecule has 0 aliphatic heterocycles. The SMILES string of the molecule is CN(C)[SiH](C)C[SiH](C)N(C)C. The molecule has 0 aliphatic carbocycles. The van der Waals surface area contributed by atoms with Crippen LogP contribution in [0.15, 0.2) is 0 Å². The summed E-state index contributed by atoms with van der Waals surface area (Å²) in [5, 5.41) is 0. The minimum atomic E-state index is -0.536. The van der Waals surface area contributed by atoms with Gasteiger partial charge in [0.15, 0.2) is 0 Å². The van der Waals surface area contributed by atoms with E-state index in [2.05, 4.69) is 50.4 Å². The maximum absolute atomic E-state index is 2.44. The first-order valence-corrected chi connectivity index (χ1v) is 9.25. The Morgan fingerprint density at radius 3 is 1.27 bits per heavy atom. The van der Waals surface area contributed by atoms with Crippen molar-refractivity contribution in [3.8, 4) is 0 Å². The predicted octanol–water partition coefficient (Wildman–Crippen LogP) is 0.356. The smallest absolute Gasteiger partial charge is 0.106 e. The molecule has 0 aliphatic rings. The predicted molar refractivity (Wildman–Crippen MR) is 58.2 cm³/mol. The van der Waals surface area contributed by atoms with E-state index >= 15 is 0 Å². The molecule has 2 nitrogen and oxygen atoms in total. The third kappa shape index (κ3) is 4.73. The van der Waals surface area contributed by atoms with Gasteiger partial charge in [0, 0.05) is 0 Å². The van der Waals surface area contributed by atoms with E-state index in [-0.39, 0.29) is 0 Å².